The minimum absolute atomic E-state index is 0. The Labute approximate surface area is 134 Å². The summed E-state index contributed by atoms with van der Waals surface area (Å²) in [5.74, 6) is 1.05. The van der Waals surface area contributed by atoms with Crippen LogP contribution in [0, 0.1) is 20.3 Å². The molecule has 0 aliphatic heterocycles. The van der Waals surface area contributed by atoms with Crippen LogP contribution in [-0.2, 0) is 25.8 Å². The van der Waals surface area contributed by atoms with E-state index in [9.17, 15) is 0 Å². The van der Waals surface area contributed by atoms with Crippen LogP contribution in [0.4, 0.5) is 0 Å². The van der Waals surface area contributed by atoms with E-state index in [1.165, 1.54) is 32.1 Å². The molecule has 1 fully saturated rings. The molecule has 112 valence electrons. The summed E-state index contributed by atoms with van der Waals surface area (Å²) in [5.41, 5.74) is 0. The molecule has 0 aromatic carbocycles. The van der Waals surface area contributed by atoms with Crippen LogP contribution in [0.5, 0.6) is 0 Å². The van der Waals surface area contributed by atoms with Gasteiger partial charge in [-0.1, -0.05) is 32.1 Å². The van der Waals surface area contributed by atoms with Gasteiger partial charge >= 0.3 is 0 Å². The summed E-state index contributed by atoms with van der Waals surface area (Å²) in [4.78, 5) is 0. The Morgan fingerprint density at radius 2 is 1.28 bits per heavy atom. The minimum atomic E-state index is -0.167. The van der Waals surface area contributed by atoms with Crippen LogP contribution in [0.3, 0.4) is 0 Å². The van der Waals surface area contributed by atoms with Crippen LogP contribution in [-0.4, -0.2) is 22.4 Å². The summed E-state index contributed by atoms with van der Waals surface area (Å²) in [6.45, 7) is 10.7. The van der Waals surface area contributed by atoms with Gasteiger partial charge in [0.05, 0.1) is 0 Å². The molecule has 2 nitrogen and oxygen atoms in total. The smallest absolute Gasteiger partial charge is 0.0483 e. The van der Waals surface area contributed by atoms with Crippen molar-refractivity contribution in [2.45, 2.75) is 78.4 Å². The van der Waals surface area contributed by atoms with Gasteiger partial charge in [-0.25, -0.2) is 0 Å². The maximum atomic E-state index is 8.06. The summed E-state index contributed by atoms with van der Waals surface area (Å²) in [6, 6.07) is 0. The predicted octanol–water partition coefficient (Wildman–Crippen LogP) is 4.01. The molecule has 1 aliphatic rings. The predicted molar refractivity (Wildman–Crippen MR) is 77.7 cm³/mol. The Morgan fingerprint density at radius 3 is 1.50 bits per heavy atom. The van der Waals surface area contributed by atoms with Crippen molar-refractivity contribution in [1.82, 2.24) is 0 Å². The zero-order valence-electron chi connectivity index (χ0n) is 13.1. The number of aliphatic hydroxyl groups is 2. The fraction of sp³-hybridized carbons (Fsp3) is 0.867. The van der Waals surface area contributed by atoms with E-state index >= 15 is 0 Å². The molecule has 18 heavy (non-hydrogen) atoms. The van der Waals surface area contributed by atoms with E-state index in [0.717, 1.165) is 12.3 Å². The van der Waals surface area contributed by atoms with E-state index in [1.54, 1.807) is 27.7 Å². The van der Waals surface area contributed by atoms with Gasteiger partial charge in [-0.05, 0) is 33.6 Å². The second-order valence-electron chi connectivity index (χ2n) is 4.98. The van der Waals surface area contributed by atoms with Gasteiger partial charge in [-0.2, -0.15) is 6.42 Å². The van der Waals surface area contributed by atoms with Crippen molar-refractivity contribution in [3.8, 4) is 0 Å². The molecular weight excluding hydrogens is 391 g/mol. The van der Waals surface area contributed by atoms with Gasteiger partial charge in [0, 0.05) is 38.1 Å². The standard InChI is InChI=1S/C8H15.2C3H8O.CH3.Hf/c1-2-5-8-6-3-4-7-8;2*1-3(2)4;;/h8H,1-7H2;2*3-4H,1-2H3;1H3;/q-1;;;-1;. The van der Waals surface area contributed by atoms with Crippen LogP contribution in [0.25, 0.3) is 0 Å². The Balaban J connectivity index is -0.0000000860. The van der Waals surface area contributed by atoms with E-state index < -0.39 is 0 Å². The van der Waals surface area contributed by atoms with Gasteiger partial charge in [-0.15, -0.1) is 0 Å². The summed E-state index contributed by atoms with van der Waals surface area (Å²) in [5, 5.41) is 16.1. The molecule has 0 spiro atoms. The molecule has 0 bridgehead atoms. The number of aliphatic hydroxyl groups excluding tert-OH is 2. The molecule has 0 heterocycles. The van der Waals surface area contributed by atoms with Crippen molar-refractivity contribution < 1.29 is 36.1 Å². The van der Waals surface area contributed by atoms with Gasteiger partial charge in [-0.3, -0.25) is 0 Å². The van der Waals surface area contributed by atoms with E-state index in [1.807, 2.05) is 0 Å². The monoisotopic (exact) mass is 426 g/mol. The number of hydrogen-bond donors (Lipinski definition) is 2. The Hall–Kier alpha value is 0.790. The van der Waals surface area contributed by atoms with Gasteiger partial charge in [0.25, 0.3) is 0 Å². The van der Waals surface area contributed by atoms with Crippen LogP contribution >= 0.6 is 0 Å². The first-order valence-electron chi connectivity index (χ1n) is 6.55. The summed E-state index contributed by atoms with van der Waals surface area (Å²) in [6.07, 6.45) is 8.10. The maximum Gasteiger partial charge on any atom is 0.0483 e. The molecule has 3 heteroatoms. The second-order valence-corrected chi connectivity index (χ2v) is 4.98. The minimum Gasteiger partial charge on any atom is -0.394 e. The van der Waals surface area contributed by atoms with Gasteiger partial charge in [0.2, 0.25) is 0 Å². The van der Waals surface area contributed by atoms with Crippen molar-refractivity contribution in [2.75, 3.05) is 0 Å². The molecule has 1 aliphatic carbocycles. The Kier molecular flexibility index (Phi) is 30.4. The quantitative estimate of drug-likeness (QED) is 0.519. The molecule has 0 radical (unpaired) electrons. The summed E-state index contributed by atoms with van der Waals surface area (Å²) in [7, 11) is 0. The molecule has 0 amide bonds. The van der Waals surface area contributed by atoms with Crippen LogP contribution < -0.4 is 0 Å². The van der Waals surface area contributed by atoms with Crippen LogP contribution in [0.1, 0.15) is 66.2 Å². The molecule has 0 aromatic heterocycles. The average molecular weight is 425 g/mol. The molecular formula is C15H34HfO2-2. The molecule has 2 N–H and O–H groups in total. The molecule has 0 unspecified atom stereocenters. The van der Waals surface area contributed by atoms with Crippen molar-refractivity contribution in [3.05, 3.63) is 14.4 Å². The van der Waals surface area contributed by atoms with E-state index in [0.29, 0.717) is 0 Å². The summed E-state index contributed by atoms with van der Waals surface area (Å²) >= 11 is 0. The molecule has 1 saturated carbocycles. The van der Waals surface area contributed by atoms with Crippen LogP contribution in [0.2, 0.25) is 0 Å². The fourth-order valence-electron chi connectivity index (χ4n) is 1.59. The topological polar surface area (TPSA) is 40.5 Å². The Morgan fingerprint density at radius 1 is 1.00 bits per heavy atom. The first-order chi connectivity index (χ1) is 7.40. The van der Waals surface area contributed by atoms with Crippen molar-refractivity contribution >= 4 is 0 Å². The molecule has 0 aromatic rings. The SMILES string of the molecule is CC(C)O.CC(C)O.[CH2-]CCC1CCCC1.[CH3-].[Hf]. The molecule has 0 atom stereocenters. The van der Waals surface area contributed by atoms with E-state index in [-0.39, 0.29) is 45.5 Å². The molecule has 1 rings (SSSR count). The fourth-order valence-corrected chi connectivity index (χ4v) is 1.59. The van der Waals surface area contributed by atoms with Gasteiger partial charge < -0.3 is 24.6 Å². The van der Waals surface area contributed by atoms with Crippen molar-refractivity contribution in [1.29, 1.82) is 0 Å². The second kappa shape index (κ2) is 20.1. The van der Waals surface area contributed by atoms with E-state index in [4.69, 9.17) is 10.2 Å². The zero-order valence-corrected chi connectivity index (χ0v) is 16.7. The first kappa shape index (κ1) is 27.2. The number of rotatable bonds is 2. The number of hydrogen-bond acceptors (Lipinski definition) is 2. The zero-order chi connectivity index (χ0) is 13.0. The maximum absolute atomic E-state index is 8.06. The van der Waals surface area contributed by atoms with Crippen molar-refractivity contribution in [2.24, 2.45) is 5.92 Å². The van der Waals surface area contributed by atoms with Gasteiger partial charge in [0.1, 0.15) is 0 Å². The average Bonchev–Trinajstić information content (AvgIpc) is 2.55. The largest absolute Gasteiger partial charge is 0.394 e. The molecule has 0 saturated heterocycles. The first-order valence-corrected chi connectivity index (χ1v) is 6.55. The third-order valence-electron chi connectivity index (χ3n) is 2.09. The van der Waals surface area contributed by atoms with Crippen molar-refractivity contribution in [3.63, 3.8) is 0 Å². The van der Waals surface area contributed by atoms with E-state index in [2.05, 4.69) is 6.92 Å². The third-order valence-corrected chi connectivity index (χ3v) is 2.09. The van der Waals surface area contributed by atoms with Gasteiger partial charge in [0.15, 0.2) is 0 Å². The third kappa shape index (κ3) is 36.0. The Bertz CT molecular complexity index is 110. The normalized spacial score (nSPS) is 13.8. The summed E-state index contributed by atoms with van der Waals surface area (Å²) < 4.78 is 0. The van der Waals surface area contributed by atoms with Crippen LogP contribution in [0.15, 0.2) is 0 Å².